The van der Waals surface area contributed by atoms with E-state index < -0.39 is 5.60 Å². The predicted octanol–water partition coefficient (Wildman–Crippen LogP) is 3.30. The van der Waals surface area contributed by atoms with Crippen LogP contribution in [-0.4, -0.2) is 24.1 Å². The molecule has 2 rings (SSSR count). The molecule has 0 fully saturated rings. The second-order valence-corrected chi connectivity index (χ2v) is 6.24. The van der Waals surface area contributed by atoms with Gasteiger partial charge in [-0.2, -0.15) is 0 Å². The normalized spacial score (nSPS) is 15.3. The Labute approximate surface area is 125 Å². The monoisotopic (exact) mass is 338 g/mol. The number of carbonyl (C=O) groups is 2. The maximum absolute atomic E-state index is 12.0. The smallest absolute Gasteiger partial charge is 0.346 e. The van der Waals surface area contributed by atoms with Crippen molar-refractivity contribution in [1.29, 1.82) is 0 Å². The molecule has 0 amide bonds. The summed E-state index contributed by atoms with van der Waals surface area (Å²) in [6.07, 6.45) is 0. The third-order valence-corrected chi connectivity index (χ3v) is 3.44. The molecular formula is C15H15BrO4. The van der Waals surface area contributed by atoms with Crippen LogP contribution in [0.15, 0.2) is 28.7 Å². The van der Waals surface area contributed by atoms with E-state index in [2.05, 4.69) is 15.9 Å². The summed E-state index contributed by atoms with van der Waals surface area (Å²) in [6.45, 7) is 5.66. The van der Waals surface area contributed by atoms with E-state index in [1.54, 1.807) is 18.2 Å². The lowest BCUT2D eigenvalue weighted by atomic mass is 10.0. The van der Waals surface area contributed by atoms with Crippen molar-refractivity contribution in [1.82, 2.24) is 0 Å². The molecular weight excluding hydrogens is 324 g/mol. The van der Waals surface area contributed by atoms with E-state index in [1.165, 1.54) is 0 Å². The number of halogens is 1. The van der Waals surface area contributed by atoms with E-state index in [4.69, 9.17) is 9.47 Å². The molecule has 5 heteroatoms. The van der Waals surface area contributed by atoms with E-state index in [1.807, 2.05) is 26.8 Å². The van der Waals surface area contributed by atoms with Crippen LogP contribution in [0.25, 0.3) is 5.57 Å². The number of cyclic esters (lactones) is 1. The highest BCUT2D eigenvalue weighted by Crippen LogP contribution is 2.30. The summed E-state index contributed by atoms with van der Waals surface area (Å²) in [7, 11) is 0. The van der Waals surface area contributed by atoms with Crippen LogP contribution >= 0.6 is 15.9 Å². The van der Waals surface area contributed by atoms with Crippen LogP contribution in [0.3, 0.4) is 0 Å². The van der Waals surface area contributed by atoms with Crippen molar-refractivity contribution in [3.8, 4) is 0 Å². The molecule has 1 aromatic rings. The number of rotatable bonds is 2. The Kier molecular flexibility index (Phi) is 3.99. The van der Waals surface area contributed by atoms with Crippen molar-refractivity contribution in [2.24, 2.45) is 0 Å². The molecule has 0 spiro atoms. The molecule has 0 radical (unpaired) electrons. The minimum absolute atomic E-state index is 0.206. The van der Waals surface area contributed by atoms with Gasteiger partial charge in [-0.1, -0.05) is 12.1 Å². The number of carbonyl (C=O) groups excluding carboxylic acids is 2. The molecule has 1 aliphatic rings. The zero-order valence-electron chi connectivity index (χ0n) is 11.5. The maximum Gasteiger partial charge on any atom is 0.346 e. The van der Waals surface area contributed by atoms with Crippen molar-refractivity contribution in [3.05, 3.63) is 39.9 Å². The quantitative estimate of drug-likeness (QED) is 0.776. The second kappa shape index (κ2) is 5.40. The van der Waals surface area contributed by atoms with Gasteiger partial charge in [0.25, 0.3) is 0 Å². The van der Waals surface area contributed by atoms with Crippen LogP contribution in [0, 0.1) is 0 Å². The number of esters is 2. The zero-order chi connectivity index (χ0) is 14.9. The fraction of sp³-hybridized carbons (Fsp3) is 0.333. The molecule has 4 nitrogen and oxygen atoms in total. The van der Waals surface area contributed by atoms with Crippen molar-refractivity contribution in [2.75, 3.05) is 6.61 Å². The average Bonchev–Trinajstić information content (AvgIpc) is 2.68. The van der Waals surface area contributed by atoms with Gasteiger partial charge in [0.15, 0.2) is 0 Å². The molecule has 0 aromatic heterocycles. The van der Waals surface area contributed by atoms with Gasteiger partial charge < -0.3 is 9.47 Å². The zero-order valence-corrected chi connectivity index (χ0v) is 13.1. The highest BCUT2D eigenvalue weighted by molar-refractivity contribution is 9.12. The van der Waals surface area contributed by atoms with Crippen molar-refractivity contribution in [2.45, 2.75) is 26.4 Å². The van der Waals surface area contributed by atoms with Gasteiger partial charge in [0.2, 0.25) is 0 Å². The van der Waals surface area contributed by atoms with Crippen molar-refractivity contribution in [3.63, 3.8) is 0 Å². The minimum atomic E-state index is -0.542. The SMILES string of the molecule is CC(C)(C)OC(=O)c1cccc(C2=C(Br)C(=O)OC2)c1. The molecule has 0 saturated heterocycles. The fourth-order valence-corrected chi connectivity index (χ4v) is 2.23. The highest BCUT2D eigenvalue weighted by Gasteiger charge is 2.24. The molecule has 1 aromatic carbocycles. The number of benzene rings is 1. The molecule has 0 saturated carbocycles. The van der Waals surface area contributed by atoms with Crippen LogP contribution < -0.4 is 0 Å². The second-order valence-electron chi connectivity index (χ2n) is 5.45. The molecule has 0 bridgehead atoms. The summed E-state index contributed by atoms with van der Waals surface area (Å²) in [6, 6.07) is 6.97. The largest absolute Gasteiger partial charge is 0.457 e. The van der Waals surface area contributed by atoms with Crippen LogP contribution in [0.4, 0.5) is 0 Å². The van der Waals surface area contributed by atoms with Crippen LogP contribution in [0.1, 0.15) is 36.7 Å². The Morgan fingerprint density at radius 2 is 2.05 bits per heavy atom. The maximum atomic E-state index is 12.0. The van der Waals surface area contributed by atoms with Gasteiger partial charge in [0, 0.05) is 5.57 Å². The molecule has 0 N–H and O–H groups in total. The van der Waals surface area contributed by atoms with E-state index in [0.29, 0.717) is 10.0 Å². The first-order chi connectivity index (χ1) is 9.28. The third-order valence-electron chi connectivity index (χ3n) is 2.64. The Hall–Kier alpha value is -1.62. The standard InChI is InChI=1S/C15H15BrO4/c1-15(2,3)20-13(17)10-6-4-5-9(7-10)11-8-19-14(18)12(11)16/h4-7H,8H2,1-3H3. The van der Waals surface area contributed by atoms with Gasteiger partial charge in [-0.15, -0.1) is 0 Å². The van der Waals surface area contributed by atoms with Crippen molar-refractivity contribution < 1.29 is 19.1 Å². The minimum Gasteiger partial charge on any atom is -0.457 e. The highest BCUT2D eigenvalue weighted by atomic mass is 79.9. The summed E-state index contributed by atoms with van der Waals surface area (Å²) < 4.78 is 10.7. The van der Waals surface area contributed by atoms with E-state index >= 15 is 0 Å². The Morgan fingerprint density at radius 1 is 1.35 bits per heavy atom. The van der Waals surface area contributed by atoms with Gasteiger partial charge in [-0.05, 0) is 54.4 Å². The van der Waals surface area contributed by atoms with E-state index in [-0.39, 0.29) is 18.5 Å². The topological polar surface area (TPSA) is 52.6 Å². The van der Waals surface area contributed by atoms with E-state index in [0.717, 1.165) is 11.1 Å². The molecule has 0 aliphatic carbocycles. The Balaban J connectivity index is 2.30. The summed E-state index contributed by atoms with van der Waals surface area (Å²) in [4.78, 5) is 23.4. The molecule has 20 heavy (non-hydrogen) atoms. The van der Waals surface area contributed by atoms with Gasteiger partial charge >= 0.3 is 11.9 Å². The Morgan fingerprint density at radius 3 is 2.60 bits per heavy atom. The number of hydrogen-bond donors (Lipinski definition) is 0. The number of hydrogen-bond acceptors (Lipinski definition) is 4. The van der Waals surface area contributed by atoms with E-state index in [9.17, 15) is 9.59 Å². The first-order valence-electron chi connectivity index (χ1n) is 6.17. The lowest BCUT2D eigenvalue weighted by Gasteiger charge is -2.19. The number of ether oxygens (including phenoxy) is 2. The van der Waals surface area contributed by atoms with Gasteiger partial charge in [0.05, 0.1) is 5.56 Å². The lowest BCUT2D eigenvalue weighted by molar-refractivity contribution is -0.135. The summed E-state index contributed by atoms with van der Waals surface area (Å²) >= 11 is 3.21. The molecule has 0 atom stereocenters. The van der Waals surface area contributed by atoms with Crippen molar-refractivity contribution >= 4 is 33.4 Å². The summed E-state index contributed by atoms with van der Waals surface area (Å²) in [5, 5.41) is 0. The van der Waals surface area contributed by atoms with Gasteiger partial charge in [-0.3, -0.25) is 0 Å². The predicted molar refractivity (Wildman–Crippen MR) is 78.4 cm³/mol. The lowest BCUT2D eigenvalue weighted by Crippen LogP contribution is -2.23. The molecule has 1 heterocycles. The fourth-order valence-electron chi connectivity index (χ4n) is 1.77. The molecule has 0 unspecified atom stereocenters. The first kappa shape index (κ1) is 14.8. The van der Waals surface area contributed by atoms with Gasteiger partial charge in [0.1, 0.15) is 16.7 Å². The van der Waals surface area contributed by atoms with Crippen LogP contribution in [0.2, 0.25) is 0 Å². The third kappa shape index (κ3) is 3.28. The molecule has 1 aliphatic heterocycles. The van der Waals surface area contributed by atoms with Gasteiger partial charge in [-0.25, -0.2) is 9.59 Å². The summed E-state index contributed by atoms with van der Waals surface area (Å²) in [5.74, 6) is -0.774. The van der Waals surface area contributed by atoms with Crippen LogP contribution in [-0.2, 0) is 14.3 Å². The first-order valence-corrected chi connectivity index (χ1v) is 6.97. The Bertz CT molecular complexity index is 596. The molecule has 106 valence electrons. The summed E-state index contributed by atoms with van der Waals surface area (Å²) in [5.41, 5.74) is 1.41. The average molecular weight is 339 g/mol. The van der Waals surface area contributed by atoms with Crippen LogP contribution in [0.5, 0.6) is 0 Å².